The molecule has 2 rings (SSSR count). The minimum Gasteiger partial charge on any atom is -0.461 e. The molecule has 1 aromatic carbocycles. The molecule has 0 aliphatic carbocycles. The number of nitrogens with one attached hydrogen (secondary N) is 1. The van der Waals surface area contributed by atoms with Crippen molar-refractivity contribution in [1.29, 1.82) is 0 Å². The molecule has 1 heterocycles. The normalized spacial score (nSPS) is 12.6. The number of rotatable bonds is 6. The van der Waals surface area contributed by atoms with Gasteiger partial charge in [-0.05, 0) is 45.0 Å². The van der Waals surface area contributed by atoms with Crippen LogP contribution in [0.1, 0.15) is 31.6 Å². The van der Waals surface area contributed by atoms with Crippen molar-refractivity contribution in [1.82, 2.24) is 5.32 Å². The highest BCUT2D eigenvalue weighted by Crippen LogP contribution is 2.23. The van der Waals surface area contributed by atoms with Crippen LogP contribution in [0, 0.1) is 6.92 Å². The van der Waals surface area contributed by atoms with Crippen LogP contribution in [-0.4, -0.2) is 12.6 Å². The SMILES string of the molecule is CCCNC(C)Cc1ccc(-c2cccc(C)c2)o1. The summed E-state index contributed by atoms with van der Waals surface area (Å²) in [6.07, 6.45) is 2.10. The van der Waals surface area contributed by atoms with Gasteiger partial charge in [-0.2, -0.15) is 0 Å². The van der Waals surface area contributed by atoms with Gasteiger partial charge in [-0.3, -0.25) is 0 Å². The molecule has 0 spiro atoms. The molecule has 102 valence electrons. The Morgan fingerprint density at radius 3 is 2.79 bits per heavy atom. The van der Waals surface area contributed by atoms with E-state index in [0.717, 1.165) is 36.5 Å². The first-order valence-electron chi connectivity index (χ1n) is 7.08. The molecule has 0 fully saturated rings. The third-order valence-electron chi connectivity index (χ3n) is 3.21. The van der Waals surface area contributed by atoms with Crippen LogP contribution >= 0.6 is 0 Å². The number of benzene rings is 1. The summed E-state index contributed by atoms with van der Waals surface area (Å²) in [7, 11) is 0. The van der Waals surface area contributed by atoms with Gasteiger partial charge in [0.25, 0.3) is 0 Å². The first kappa shape index (κ1) is 13.9. The van der Waals surface area contributed by atoms with Gasteiger partial charge in [-0.25, -0.2) is 0 Å². The highest BCUT2D eigenvalue weighted by molar-refractivity contribution is 5.58. The van der Waals surface area contributed by atoms with Crippen molar-refractivity contribution in [2.45, 2.75) is 39.7 Å². The Hall–Kier alpha value is -1.54. The Labute approximate surface area is 115 Å². The second kappa shape index (κ2) is 6.58. The largest absolute Gasteiger partial charge is 0.461 e. The molecule has 2 nitrogen and oxygen atoms in total. The predicted molar refractivity (Wildman–Crippen MR) is 80.3 cm³/mol. The molecule has 1 aromatic heterocycles. The van der Waals surface area contributed by atoms with E-state index in [1.165, 1.54) is 5.56 Å². The van der Waals surface area contributed by atoms with E-state index in [9.17, 15) is 0 Å². The molecular weight excluding hydrogens is 234 g/mol. The second-order valence-corrected chi connectivity index (χ2v) is 5.19. The summed E-state index contributed by atoms with van der Waals surface area (Å²) in [6, 6.07) is 13.0. The molecule has 0 saturated carbocycles. The Bertz CT molecular complexity index is 515. The first-order valence-corrected chi connectivity index (χ1v) is 7.08. The first-order chi connectivity index (χ1) is 9.19. The van der Waals surface area contributed by atoms with E-state index >= 15 is 0 Å². The quantitative estimate of drug-likeness (QED) is 0.839. The average molecular weight is 257 g/mol. The molecule has 0 bridgehead atoms. The molecule has 2 aromatic rings. The van der Waals surface area contributed by atoms with E-state index in [2.05, 4.69) is 62.5 Å². The molecule has 0 amide bonds. The number of hydrogen-bond donors (Lipinski definition) is 1. The molecule has 2 heteroatoms. The molecular formula is C17H23NO. The van der Waals surface area contributed by atoms with E-state index in [1.807, 2.05) is 0 Å². The Balaban J connectivity index is 2.03. The molecule has 1 atom stereocenters. The maximum atomic E-state index is 5.94. The zero-order valence-electron chi connectivity index (χ0n) is 12.1. The van der Waals surface area contributed by atoms with Crippen molar-refractivity contribution in [2.75, 3.05) is 6.54 Å². The van der Waals surface area contributed by atoms with Crippen LogP contribution in [0.4, 0.5) is 0 Å². The summed E-state index contributed by atoms with van der Waals surface area (Å²) in [6.45, 7) is 7.55. The highest BCUT2D eigenvalue weighted by Gasteiger charge is 2.08. The smallest absolute Gasteiger partial charge is 0.134 e. The summed E-state index contributed by atoms with van der Waals surface area (Å²) < 4.78 is 5.94. The van der Waals surface area contributed by atoms with Gasteiger partial charge in [0, 0.05) is 18.0 Å². The number of hydrogen-bond acceptors (Lipinski definition) is 2. The van der Waals surface area contributed by atoms with Gasteiger partial charge in [0.05, 0.1) is 0 Å². The summed E-state index contributed by atoms with van der Waals surface area (Å²) in [5.41, 5.74) is 2.41. The fourth-order valence-corrected chi connectivity index (χ4v) is 2.21. The van der Waals surface area contributed by atoms with Gasteiger partial charge >= 0.3 is 0 Å². The Morgan fingerprint density at radius 2 is 2.05 bits per heavy atom. The summed E-state index contributed by atoms with van der Waals surface area (Å²) in [5.74, 6) is 2.01. The van der Waals surface area contributed by atoms with Gasteiger partial charge in [0.15, 0.2) is 0 Å². The van der Waals surface area contributed by atoms with Gasteiger partial charge in [-0.15, -0.1) is 0 Å². The molecule has 19 heavy (non-hydrogen) atoms. The van der Waals surface area contributed by atoms with Crippen molar-refractivity contribution < 1.29 is 4.42 Å². The van der Waals surface area contributed by atoms with Crippen molar-refractivity contribution in [3.05, 3.63) is 47.7 Å². The molecule has 0 radical (unpaired) electrons. The monoisotopic (exact) mass is 257 g/mol. The van der Waals surface area contributed by atoms with E-state index in [0.29, 0.717) is 6.04 Å². The zero-order chi connectivity index (χ0) is 13.7. The minimum absolute atomic E-state index is 0.455. The minimum atomic E-state index is 0.455. The summed E-state index contributed by atoms with van der Waals surface area (Å²) in [5, 5.41) is 3.48. The van der Waals surface area contributed by atoms with Crippen LogP contribution in [0.2, 0.25) is 0 Å². The van der Waals surface area contributed by atoms with Crippen LogP contribution in [0.15, 0.2) is 40.8 Å². The summed E-state index contributed by atoms with van der Waals surface area (Å²) >= 11 is 0. The zero-order valence-corrected chi connectivity index (χ0v) is 12.1. The standard InChI is InChI=1S/C17H23NO/c1-4-10-18-14(3)12-16-8-9-17(19-16)15-7-5-6-13(2)11-15/h5-9,11,14,18H,4,10,12H2,1-3H3. The van der Waals surface area contributed by atoms with Crippen molar-refractivity contribution in [3.63, 3.8) is 0 Å². The molecule has 0 aliphatic heterocycles. The molecule has 0 aliphatic rings. The molecule has 1 unspecified atom stereocenters. The fraction of sp³-hybridized carbons (Fsp3) is 0.412. The van der Waals surface area contributed by atoms with Crippen LogP contribution < -0.4 is 5.32 Å². The van der Waals surface area contributed by atoms with Gasteiger partial charge in [0.1, 0.15) is 11.5 Å². The van der Waals surface area contributed by atoms with E-state index in [4.69, 9.17) is 4.42 Å². The van der Waals surface area contributed by atoms with Crippen LogP contribution in [0.25, 0.3) is 11.3 Å². The fourth-order valence-electron chi connectivity index (χ4n) is 2.21. The van der Waals surface area contributed by atoms with Crippen molar-refractivity contribution in [3.8, 4) is 11.3 Å². The lowest BCUT2D eigenvalue weighted by Gasteiger charge is -2.10. The van der Waals surface area contributed by atoms with Crippen molar-refractivity contribution in [2.24, 2.45) is 0 Å². The maximum Gasteiger partial charge on any atom is 0.134 e. The Morgan fingerprint density at radius 1 is 1.21 bits per heavy atom. The van der Waals surface area contributed by atoms with Gasteiger partial charge < -0.3 is 9.73 Å². The van der Waals surface area contributed by atoms with E-state index < -0.39 is 0 Å². The van der Waals surface area contributed by atoms with E-state index in [-0.39, 0.29) is 0 Å². The maximum absolute atomic E-state index is 5.94. The Kier molecular flexibility index (Phi) is 4.80. The van der Waals surface area contributed by atoms with Gasteiger partial charge in [-0.1, -0.05) is 30.7 Å². The second-order valence-electron chi connectivity index (χ2n) is 5.19. The summed E-state index contributed by atoms with van der Waals surface area (Å²) in [4.78, 5) is 0. The number of aryl methyl sites for hydroxylation is 1. The molecule has 1 N–H and O–H groups in total. The predicted octanol–water partition coefficient (Wildman–Crippen LogP) is 4.19. The van der Waals surface area contributed by atoms with Crippen LogP contribution in [0.3, 0.4) is 0 Å². The van der Waals surface area contributed by atoms with E-state index in [1.54, 1.807) is 0 Å². The number of furan rings is 1. The third-order valence-corrected chi connectivity index (χ3v) is 3.21. The lowest BCUT2D eigenvalue weighted by Crippen LogP contribution is -2.28. The topological polar surface area (TPSA) is 25.2 Å². The average Bonchev–Trinajstić information content (AvgIpc) is 2.85. The molecule has 0 saturated heterocycles. The third kappa shape index (κ3) is 3.97. The highest BCUT2D eigenvalue weighted by atomic mass is 16.3. The lowest BCUT2D eigenvalue weighted by molar-refractivity contribution is 0.464. The van der Waals surface area contributed by atoms with Crippen LogP contribution in [-0.2, 0) is 6.42 Å². The van der Waals surface area contributed by atoms with Crippen molar-refractivity contribution >= 4 is 0 Å². The van der Waals surface area contributed by atoms with Gasteiger partial charge in [0.2, 0.25) is 0 Å². The van der Waals surface area contributed by atoms with Crippen LogP contribution in [0.5, 0.6) is 0 Å². The lowest BCUT2D eigenvalue weighted by atomic mass is 10.1.